The lowest BCUT2D eigenvalue weighted by Crippen LogP contribution is -3.00. The van der Waals surface area contributed by atoms with Gasteiger partial charge in [-0.3, -0.25) is 0 Å². The first kappa shape index (κ1) is 23.6. The summed E-state index contributed by atoms with van der Waals surface area (Å²) in [6.45, 7) is 6.34. The summed E-state index contributed by atoms with van der Waals surface area (Å²) in [6.07, 6.45) is 3.21. The van der Waals surface area contributed by atoms with Gasteiger partial charge in [-0.15, -0.1) is 0 Å². The van der Waals surface area contributed by atoms with E-state index in [-0.39, 0.29) is 22.7 Å². The van der Waals surface area contributed by atoms with E-state index in [1.54, 1.807) is 6.07 Å². The summed E-state index contributed by atoms with van der Waals surface area (Å²) >= 11 is 0. The van der Waals surface area contributed by atoms with Crippen molar-refractivity contribution in [1.29, 1.82) is 0 Å². The van der Waals surface area contributed by atoms with Crippen molar-refractivity contribution in [2.75, 3.05) is 5.75 Å². The molecule has 1 aliphatic heterocycles. The molecule has 0 spiro atoms. The Morgan fingerprint density at radius 2 is 1.74 bits per heavy atom. The monoisotopic (exact) mass is 501 g/mol. The van der Waals surface area contributed by atoms with Gasteiger partial charge in [-0.1, -0.05) is 55.8 Å². The summed E-state index contributed by atoms with van der Waals surface area (Å²) in [5.41, 5.74) is 2.94. The molecule has 6 heteroatoms. The molecule has 2 aromatic carbocycles. The molecule has 0 amide bonds. The van der Waals surface area contributed by atoms with Crippen LogP contribution in [0.2, 0.25) is 0 Å². The van der Waals surface area contributed by atoms with Gasteiger partial charge in [-0.2, -0.15) is 0 Å². The minimum Gasteiger partial charge on any atom is -1.00 e. The number of nitrogens with zero attached hydrogens (tertiary/aromatic N) is 1. The van der Waals surface area contributed by atoms with E-state index in [2.05, 4.69) is 16.7 Å². The van der Waals surface area contributed by atoms with E-state index < -0.39 is 27.3 Å². The van der Waals surface area contributed by atoms with Gasteiger partial charge < -0.3 is 22.1 Å². The Morgan fingerprint density at radius 1 is 1.03 bits per heavy atom. The van der Waals surface area contributed by atoms with Crippen LogP contribution in [0.3, 0.4) is 0 Å². The standard InChI is InChI=1S/C25H28NO3S.BrH/c1-18-10-11-22-21(14-18)23(24(27)25(2,3)17-30(22,28)29)20-9-7-8-19(15-20)16-26-12-5-4-6-13-26;/h4-15,23-24,27H,16-17H2,1-3H3;1H/q+1;/p-1/t23-,24-;/m1./s1. The van der Waals surface area contributed by atoms with E-state index in [0.717, 1.165) is 16.7 Å². The molecule has 0 fully saturated rings. The summed E-state index contributed by atoms with van der Waals surface area (Å²) in [5.74, 6) is -0.485. The minimum absolute atomic E-state index is 0. The molecule has 2 atom stereocenters. The van der Waals surface area contributed by atoms with Crippen LogP contribution in [0.1, 0.15) is 42.0 Å². The fraction of sp³-hybridized carbons (Fsp3) is 0.320. The number of halogens is 1. The first-order valence-electron chi connectivity index (χ1n) is 10.2. The second-order valence-corrected chi connectivity index (χ2v) is 11.0. The molecule has 1 N–H and O–H groups in total. The zero-order valence-electron chi connectivity index (χ0n) is 18.0. The second kappa shape index (κ2) is 8.85. The Kier molecular flexibility index (Phi) is 6.75. The first-order chi connectivity index (χ1) is 14.2. The Morgan fingerprint density at radius 3 is 2.45 bits per heavy atom. The fourth-order valence-corrected chi connectivity index (χ4v) is 6.59. The summed E-state index contributed by atoms with van der Waals surface area (Å²) < 4.78 is 28.4. The maximum absolute atomic E-state index is 13.1. The van der Waals surface area contributed by atoms with E-state index in [9.17, 15) is 13.5 Å². The third-order valence-corrected chi connectivity index (χ3v) is 8.13. The normalized spacial score (nSPS) is 21.4. The number of aliphatic hydroxyl groups excluding tert-OH is 1. The SMILES string of the molecule is Cc1ccc2c(c1)[C@@H](c1cccc(C[n+]3ccccc3)c1)[C@@H](O)C(C)(C)CS2(=O)=O.[Br-]. The number of pyridine rings is 1. The summed E-state index contributed by atoms with van der Waals surface area (Å²) in [5, 5.41) is 11.4. The van der Waals surface area contributed by atoms with Crippen LogP contribution in [0, 0.1) is 12.3 Å². The summed E-state index contributed by atoms with van der Waals surface area (Å²) in [4.78, 5) is 0.338. The lowest BCUT2D eigenvalue weighted by atomic mass is 9.75. The Bertz CT molecular complexity index is 1180. The molecule has 0 saturated carbocycles. The van der Waals surface area contributed by atoms with Crippen LogP contribution in [-0.4, -0.2) is 25.4 Å². The largest absolute Gasteiger partial charge is 1.00 e. The van der Waals surface area contributed by atoms with Crippen molar-refractivity contribution in [3.8, 4) is 0 Å². The lowest BCUT2D eigenvalue weighted by Gasteiger charge is -2.33. The van der Waals surface area contributed by atoms with Gasteiger partial charge in [0.2, 0.25) is 0 Å². The fourth-order valence-electron chi connectivity index (χ4n) is 4.47. The highest BCUT2D eigenvalue weighted by Gasteiger charge is 2.44. The van der Waals surface area contributed by atoms with Gasteiger partial charge in [0.15, 0.2) is 28.8 Å². The van der Waals surface area contributed by atoms with Crippen LogP contribution in [0.25, 0.3) is 0 Å². The third kappa shape index (κ3) is 4.76. The number of hydrogen-bond acceptors (Lipinski definition) is 3. The molecule has 4 rings (SSSR count). The van der Waals surface area contributed by atoms with Crippen molar-refractivity contribution in [3.05, 3.63) is 95.3 Å². The smallest absolute Gasteiger partial charge is 0.179 e. The number of aryl methyl sites for hydroxylation is 1. The van der Waals surface area contributed by atoms with Gasteiger partial charge >= 0.3 is 0 Å². The van der Waals surface area contributed by atoms with Gasteiger partial charge in [-0.25, -0.2) is 13.0 Å². The first-order valence-corrected chi connectivity index (χ1v) is 11.9. The van der Waals surface area contributed by atoms with Crippen LogP contribution in [0.4, 0.5) is 0 Å². The number of aromatic nitrogens is 1. The predicted molar refractivity (Wildman–Crippen MR) is 117 cm³/mol. The highest BCUT2D eigenvalue weighted by molar-refractivity contribution is 7.91. The Balaban J connectivity index is 0.00000272. The predicted octanol–water partition coefficient (Wildman–Crippen LogP) is 0.641. The highest BCUT2D eigenvalue weighted by Crippen LogP contribution is 2.44. The average molecular weight is 502 g/mol. The summed E-state index contributed by atoms with van der Waals surface area (Å²) in [6, 6.07) is 19.6. The van der Waals surface area contributed by atoms with Gasteiger partial charge in [-0.05, 0) is 30.2 Å². The van der Waals surface area contributed by atoms with Crippen LogP contribution in [0.15, 0.2) is 78.0 Å². The average Bonchev–Trinajstić information content (AvgIpc) is 2.73. The lowest BCUT2D eigenvalue weighted by molar-refractivity contribution is -0.688. The highest BCUT2D eigenvalue weighted by atomic mass is 79.9. The molecule has 4 nitrogen and oxygen atoms in total. The van der Waals surface area contributed by atoms with Crippen LogP contribution >= 0.6 is 0 Å². The molecule has 31 heavy (non-hydrogen) atoms. The van der Waals surface area contributed by atoms with Gasteiger partial charge in [0, 0.05) is 29.0 Å². The number of rotatable bonds is 3. The molecule has 0 unspecified atom stereocenters. The van der Waals surface area contributed by atoms with Crippen LogP contribution in [0.5, 0.6) is 0 Å². The van der Waals surface area contributed by atoms with Crippen molar-refractivity contribution >= 4 is 9.84 Å². The van der Waals surface area contributed by atoms with Crippen LogP contribution < -0.4 is 21.5 Å². The third-order valence-electron chi connectivity index (χ3n) is 5.97. The minimum atomic E-state index is -3.50. The van der Waals surface area contributed by atoms with Crippen LogP contribution in [-0.2, 0) is 16.4 Å². The quantitative estimate of drug-likeness (QED) is 0.535. The van der Waals surface area contributed by atoms with E-state index in [0.29, 0.717) is 17.0 Å². The maximum atomic E-state index is 13.1. The molecule has 0 saturated heterocycles. The molecular weight excluding hydrogens is 474 g/mol. The van der Waals surface area contributed by atoms with Crippen molar-refractivity contribution in [1.82, 2.24) is 0 Å². The zero-order chi connectivity index (χ0) is 21.5. The molecule has 0 radical (unpaired) electrons. The Labute approximate surface area is 195 Å². The number of aliphatic hydroxyl groups is 1. The molecule has 0 aliphatic carbocycles. The number of sulfone groups is 1. The van der Waals surface area contributed by atoms with Crippen molar-refractivity contribution in [2.24, 2.45) is 5.41 Å². The van der Waals surface area contributed by atoms with Crippen molar-refractivity contribution in [3.63, 3.8) is 0 Å². The Hall–Kier alpha value is -2.02. The van der Waals surface area contributed by atoms with E-state index in [4.69, 9.17) is 0 Å². The zero-order valence-corrected chi connectivity index (χ0v) is 20.4. The van der Waals surface area contributed by atoms with Gasteiger partial charge in [0.05, 0.1) is 16.8 Å². The number of hydrogen-bond donors (Lipinski definition) is 1. The molecule has 164 valence electrons. The molecular formula is C25H28BrNO3S. The molecule has 2 heterocycles. The van der Waals surface area contributed by atoms with E-state index >= 15 is 0 Å². The topological polar surface area (TPSA) is 58.2 Å². The second-order valence-electron chi connectivity index (χ2n) is 9.00. The van der Waals surface area contributed by atoms with Gasteiger partial charge in [0.25, 0.3) is 0 Å². The molecule has 1 aliphatic rings. The molecule has 3 aromatic rings. The van der Waals surface area contributed by atoms with E-state index in [1.165, 1.54) is 0 Å². The molecule has 1 aromatic heterocycles. The van der Waals surface area contributed by atoms with Gasteiger partial charge in [0.1, 0.15) is 0 Å². The maximum Gasteiger partial charge on any atom is 0.179 e. The molecule has 0 bridgehead atoms. The summed E-state index contributed by atoms with van der Waals surface area (Å²) in [7, 11) is -3.50. The number of benzene rings is 2. The van der Waals surface area contributed by atoms with Crippen molar-refractivity contribution < 1.29 is 35.1 Å². The van der Waals surface area contributed by atoms with Crippen molar-refractivity contribution in [2.45, 2.75) is 44.2 Å². The number of fused-ring (bicyclic) bond motifs is 1. The van der Waals surface area contributed by atoms with E-state index in [1.807, 2.05) is 75.6 Å².